The molecule has 0 atom stereocenters. The molecule has 51 heavy (non-hydrogen) atoms. The molecular weight excluding hydrogens is 625 g/mol. The van der Waals surface area contributed by atoms with Gasteiger partial charge in [0, 0.05) is 41.9 Å². The normalized spacial score (nSPS) is 13.7. The maximum atomic E-state index is 9.74. The van der Waals surface area contributed by atoms with Crippen molar-refractivity contribution in [3.8, 4) is 6.07 Å². The van der Waals surface area contributed by atoms with Gasteiger partial charge in [0.05, 0.1) is 18.3 Å². The van der Waals surface area contributed by atoms with Crippen LogP contribution in [-0.4, -0.2) is 14.1 Å². The molecule has 0 saturated heterocycles. The number of ether oxygens (including phenoxy) is 1. The molecule has 0 fully saturated rings. The van der Waals surface area contributed by atoms with Gasteiger partial charge in [-0.05, 0) is 88.2 Å². The molecule has 0 saturated carbocycles. The SMILES string of the molecule is [C-]#[N+]/C(C#N)=C1C=C(/C=C/c2ccc(N(C)C)cc2)OC(/C=C/c2c3ccccc3c(N(c3ccccc3)c3ccccc3)c3ccccc23)=C\1. The van der Waals surface area contributed by atoms with Gasteiger partial charge in [0.2, 0.25) is 0 Å². The summed E-state index contributed by atoms with van der Waals surface area (Å²) in [6.45, 7) is 7.62. The quantitative estimate of drug-likeness (QED) is 0.0927. The Morgan fingerprint density at radius 1 is 0.608 bits per heavy atom. The second-order valence-electron chi connectivity index (χ2n) is 12.2. The van der Waals surface area contributed by atoms with Crippen LogP contribution in [0.25, 0.3) is 38.5 Å². The van der Waals surface area contributed by atoms with Crippen molar-refractivity contribution in [2.24, 2.45) is 0 Å². The Hall–Kier alpha value is -7.08. The van der Waals surface area contributed by atoms with Crippen molar-refractivity contribution in [1.29, 1.82) is 5.26 Å². The Labute approximate surface area is 298 Å². The van der Waals surface area contributed by atoms with Crippen LogP contribution in [0.5, 0.6) is 0 Å². The van der Waals surface area contributed by atoms with Crippen molar-refractivity contribution in [1.82, 2.24) is 0 Å². The van der Waals surface area contributed by atoms with Gasteiger partial charge in [0.25, 0.3) is 5.70 Å². The molecule has 6 aromatic carbocycles. The fraction of sp³-hybridized carbons (Fsp3) is 0.0435. The molecule has 1 aliphatic heterocycles. The van der Waals surface area contributed by atoms with Crippen LogP contribution in [0, 0.1) is 17.9 Å². The highest BCUT2D eigenvalue weighted by molar-refractivity contribution is 6.18. The van der Waals surface area contributed by atoms with E-state index in [2.05, 4.69) is 130 Å². The van der Waals surface area contributed by atoms with E-state index in [1.807, 2.05) is 62.7 Å². The van der Waals surface area contributed by atoms with E-state index >= 15 is 0 Å². The van der Waals surface area contributed by atoms with Crippen LogP contribution in [0.15, 0.2) is 181 Å². The first-order chi connectivity index (χ1) is 25.0. The molecular formula is C46H34N4O. The summed E-state index contributed by atoms with van der Waals surface area (Å²) in [4.78, 5) is 7.87. The van der Waals surface area contributed by atoms with Gasteiger partial charge in [0.15, 0.2) is 0 Å². The highest BCUT2D eigenvalue weighted by atomic mass is 16.5. The van der Waals surface area contributed by atoms with E-state index in [4.69, 9.17) is 11.3 Å². The molecule has 0 N–H and O–H groups in total. The van der Waals surface area contributed by atoms with Gasteiger partial charge >= 0.3 is 0 Å². The molecule has 1 aliphatic rings. The lowest BCUT2D eigenvalue weighted by Crippen LogP contribution is -2.11. The lowest BCUT2D eigenvalue weighted by molar-refractivity contribution is 0.332. The molecule has 0 spiro atoms. The number of fused-ring (bicyclic) bond motifs is 2. The zero-order valence-corrected chi connectivity index (χ0v) is 28.4. The fourth-order valence-corrected chi connectivity index (χ4v) is 6.35. The van der Waals surface area contributed by atoms with E-state index in [9.17, 15) is 5.26 Å². The maximum absolute atomic E-state index is 9.74. The van der Waals surface area contributed by atoms with E-state index in [1.54, 1.807) is 12.2 Å². The molecule has 5 nitrogen and oxygen atoms in total. The van der Waals surface area contributed by atoms with Crippen molar-refractivity contribution in [3.63, 3.8) is 0 Å². The van der Waals surface area contributed by atoms with Gasteiger partial charge < -0.3 is 14.5 Å². The van der Waals surface area contributed by atoms with E-state index in [0.717, 1.165) is 55.4 Å². The number of nitrogens with zero attached hydrogens (tertiary/aromatic N) is 4. The third-order valence-electron chi connectivity index (χ3n) is 8.78. The molecule has 0 amide bonds. The molecule has 5 heteroatoms. The van der Waals surface area contributed by atoms with Gasteiger partial charge in [-0.2, -0.15) is 0 Å². The predicted molar refractivity (Wildman–Crippen MR) is 211 cm³/mol. The number of para-hydroxylation sites is 2. The molecule has 7 rings (SSSR count). The molecule has 244 valence electrons. The largest absolute Gasteiger partial charge is 0.457 e. The van der Waals surface area contributed by atoms with Crippen molar-refractivity contribution < 1.29 is 4.74 Å². The summed E-state index contributed by atoms with van der Waals surface area (Å²) in [7, 11) is 4.02. The van der Waals surface area contributed by atoms with Crippen molar-refractivity contribution >= 4 is 56.4 Å². The third kappa shape index (κ3) is 6.78. The van der Waals surface area contributed by atoms with Crippen LogP contribution in [0.1, 0.15) is 11.1 Å². The van der Waals surface area contributed by atoms with Crippen molar-refractivity contribution in [2.75, 3.05) is 23.9 Å². The van der Waals surface area contributed by atoms with Gasteiger partial charge in [-0.25, -0.2) is 10.1 Å². The fourth-order valence-electron chi connectivity index (χ4n) is 6.35. The van der Waals surface area contributed by atoms with E-state index in [-0.39, 0.29) is 5.70 Å². The predicted octanol–water partition coefficient (Wildman–Crippen LogP) is 11.8. The van der Waals surface area contributed by atoms with Crippen LogP contribution in [0.2, 0.25) is 0 Å². The Bertz CT molecular complexity index is 2360. The standard InChI is InChI=1S/C46H34N4O/c1-48-45(32-47)34-30-38(27-24-33-22-25-35(26-23-33)49(2)3)51-39(31-34)28-29-42-40-18-10-12-20-43(40)46(44-21-13-11-19-41(42)44)50(36-14-6-4-7-15-36)37-16-8-5-9-17-37/h4-31H,2-3H3/b27-24+,29-28+,45-34+. The van der Waals surface area contributed by atoms with Gasteiger partial charge in [0.1, 0.15) is 11.5 Å². The zero-order valence-electron chi connectivity index (χ0n) is 28.4. The van der Waals surface area contributed by atoms with E-state index in [0.29, 0.717) is 17.1 Å². The van der Waals surface area contributed by atoms with Crippen LogP contribution in [0.3, 0.4) is 0 Å². The summed E-state index contributed by atoms with van der Waals surface area (Å²) in [5.74, 6) is 1.06. The number of anilines is 4. The Balaban J connectivity index is 1.34. The van der Waals surface area contributed by atoms with Crippen molar-refractivity contribution in [3.05, 3.63) is 203 Å². The number of hydrogen-bond donors (Lipinski definition) is 0. The van der Waals surface area contributed by atoms with E-state index in [1.165, 1.54) is 0 Å². The first kappa shape index (κ1) is 32.5. The highest BCUT2D eigenvalue weighted by Gasteiger charge is 2.21. The molecule has 0 aliphatic carbocycles. The summed E-state index contributed by atoms with van der Waals surface area (Å²) < 4.78 is 6.35. The minimum Gasteiger partial charge on any atom is -0.457 e. The maximum Gasteiger partial charge on any atom is 0.269 e. The van der Waals surface area contributed by atoms with Crippen LogP contribution in [0.4, 0.5) is 22.7 Å². The topological polar surface area (TPSA) is 43.9 Å². The molecule has 1 heterocycles. The second-order valence-corrected chi connectivity index (χ2v) is 12.2. The molecule has 6 aromatic rings. The summed E-state index contributed by atoms with van der Waals surface area (Å²) in [5, 5.41) is 14.1. The summed E-state index contributed by atoms with van der Waals surface area (Å²) in [6.07, 6.45) is 11.3. The molecule has 0 bridgehead atoms. The van der Waals surface area contributed by atoms with Gasteiger partial charge in [-0.15, -0.1) is 0 Å². The second kappa shape index (κ2) is 14.6. The summed E-state index contributed by atoms with van der Waals surface area (Å²) in [6, 6.07) is 48.1. The number of allylic oxidation sites excluding steroid dienone is 6. The molecule has 0 aromatic heterocycles. The average molecular weight is 659 g/mol. The minimum atomic E-state index is 0.00704. The van der Waals surface area contributed by atoms with Crippen molar-refractivity contribution in [2.45, 2.75) is 0 Å². The lowest BCUT2D eigenvalue weighted by atomic mass is 9.93. The smallest absolute Gasteiger partial charge is 0.269 e. The van der Waals surface area contributed by atoms with Crippen LogP contribution in [-0.2, 0) is 4.74 Å². The Kier molecular flexibility index (Phi) is 9.28. The Morgan fingerprint density at radius 2 is 1.10 bits per heavy atom. The monoisotopic (exact) mass is 658 g/mol. The molecule has 0 radical (unpaired) electrons. The third-order valence-corrected chi connectivity index (χ3v) is 8.78. The van der Waals surface area contributed by atoms with Gasteiger partial charge in [-0.3, -0.25) is 0 Å². The van der Waals surface area contributed by atoms with Crippen LogP contribution >= 0.6 is 0 Å². The summed E-state index contributed by atoms with van der Waals surface area (Å²) in [5.41, 5.74) is 6.90. The Morgan fingerprint density at radius 3 is 1.59 bits per heavy atom. The minimum absolute atomic E-state index is 0.00704. The summed E-state index contributed by atoms with van der Waals surface area (Å²) >= 11 is 0. The zero-order chi connectivity index (χ0) is 35.2. The number of rotatable bonds is 8. The number of nitriles is 1. The van der Waals surface area contributed by atoms with Crippen LogP contribution < -0.4 is 9.80 Å². The average Bonchev–Trinajstić information content (AvgIpc) is 3.18. The number of benzene rings is 6. The van der Waals surface area contributed by atoms with E-state index < -0.39 is 0 Å². The van der Waals surface area contributed by atoms with Gasteiger partial charge in [-0.1, -0.05) is 109 Å². The highest BCUT2D eigenvalue weighted by Crippen LogP contribution is 2.45. The number of hydrogen-bond acceptors (Lipinski definition) is 4. The lowest BCUT2D eigenvalue weighted by Gasteiger charge is -2.29. The first-order valence-corrected chi connectivity index (χ1v) is 16.6. The molecule has 0 unspecified atom stereocenters. The first-order valence-electron chi connectivity index (χ1n) is 16.6.